The minimum Gasteiger partial charge on any atom is -0.475 e. The van der Waals surface area contributed by atoms with E-state index in [4.69, 9.17) is 14.6 Å². The van der Waals surface area contributed by atoms with Crippen molar-refractivity contribution in [3.63, 3.8) is 0 Å². The molecule has 4 heterocycles. The summed E-state index contributed by atoms with van der Waals surface area (Å²) in [7, 11) is 0. The highest BCUT2D eigenvalue weighted by atomic mass is 19.4. The summed E-state index contributed by atoms with van der Waals surface area (Å²) < 4.78 is 37.8. The Kier molecular flexibility index (Phi) is 6.95. The molecule has 0 radical (unpaired) electrons. The molecule has 10 nitrogen and oxygen atoms in total. The number of nitrogens with one attached hydrogen (secondary N) is 1. The van der Waals surface area contributed by atoms with Crippen LogP contribution in [0.2, 0.25) is 0 Å². The highest BCUT2D eigenvalue weighted by molar-refractivity contribution is 5.93. The molecule has 2 aromatic heterocycles. The molecule has 0 saturated carbocycles. The Morgan fingerprint density at radius 3 is 2.52 bits per heavy atom. The number of halogens is 3. The number of aliphatic carboxylic acids is 1. The number of carbonyl (C=O) groups excluding carboxylic acids is 1. The van der Waals surface area contributed by atoms with Gasteiger partial charge in [0.1, 0.15) is 18.2 Å². The highest BCUT2D eigenvalue weighted by Crippen LogP contribution is 2.34. The number of carbonyl (C=O) groups is 2. The zero-order valence-corrected chi connectivity index (χ0v) is 16.1. The standard InChI is InChI=1S/C16H18N6O2.C2HF3O2/c23-16(21-14-9-17-6-7-19-14)13-2-1-11-12(24-13)4-8-22(11)15-3-5-18-10-20-15;3-2(4,5)1(6)7/h3,5-7,9-13H,1-2,4,8H2,(H,19,21,23);(H,6,7)/t11-,12-,13-;/m1./s1. The largest absolute Gasteiger partial charge is 0.490 e. The van der Waals surface area contributed by atoms with Crippen molar-refractivity contribution in [1.29, 1.82) is 0 Å². The number of carboxylic acid groups (broad SMARTS) is 1. The summed E-state index contributed by atoms with van der Waals surface area (Å²) in [6.07, 6.45) is 4.92. The summed E-state index contributed by atoms with van der Waals surface area (Å²) in [5.41, 5.74) is 0. The Morgan fingerprint density at radius 1 is 1.13 bits per heavy atom. The third-order valence-electron chi connectivity index (χ3n) is 4.76. The molecular formula is C18H19F3N6O4. The lowest BCUT2D eigenvalue weighted by atomic mass is 9.98. The third-order valence-corrected chi connectivity index (χ3v) is 4.76. The molecule has 13 heteroatoms. The van der Waals surface area contributed by atoms with Crippen molar-refractivity contribution in [2.45, 2.75) is 43.7 Å². The second-order valence-corrected chi connectivity index (χ2v) is 6.74. The molecule has 166 valence electrons. The zero-order chi connectivity index (χ0) is 22.4. The Labute approximate surface area is 174 Å². The number of amides is 1. The molecule has 0 aliphatic carbocycles. The van der Waals surface area contributed by atoms with Gasteiger partial charge in [0.25, 0.3) is 5.91 Å². The molecule has 1 amide bonds. The molecule has 0 spiro atoms. The van der Waals surface area contributed by atoms with Crippen LogP contribution in [0.5, 0.6) is 0 Å². The summed E-state index contributed by atoms with van der Waals surface area (Å²) in [6, 6.07) is 2.18. The van der Waals surface area contributed by atoms with Crippen molar-refractivity contribution in [3.8, 4) is 0 Å². The van der Waals surface area contributed by atoms with Crippen LogP contribution >= 0.6 is 0 Å². The SMILES string of the molecule is O=C(Nc1cnccn1)[C@H]1CC[C@@H]2[C@@H](CCN2c2ccncn2)O1.O=C(O)C(F)(F)F. The topological polar surface area (TPSA) is 130 Å². The van der Waals surface area contributed by atoms with E-state index in [2.05, 4.69) is 30.2 Å². The summed E-state index contributed by atoms with van der Waals surface area (Å²) in [5, 5.41) is 9.89. The molecule has 2 N–H and O–H groups in total. The first-order chi connectivity index (χ1) is 14.8. The van der Waals surface area contributed by atoms with Crippen molar-refractivity contribution < 1.29 is 32.6 Å². The van der Waals surface area contributed by atoms with E-state index in [1.165, 1.54) is 6.20 Å². The maximum absolute atomic E-state index is 12.4. The van der Waals surface area contributed by atoms with Gasteiger partial charge in [-0.2, -0.15) is 13.2 Å². The number of alkyl halides is 3. The lowest BCUT2D eigenvalue weighted by Gasteiger charge is -2.35. The molecule has 2 saturated heterocycles. The molecule has 4 rings (SSSR count). The van der Waals surface area contributed by atoms with E-state index in [1.807, 2.05) is 6.07 Å². The van der Waals surface area contributed by atoms with Gasteiger partial charge in [-0.1, -0.05) is 0 Å². The van der Waals surface area contributed by atoms with Crippen LogP contribution in [0.15, 0.2) is 37.2 Å². The van der Waals surface area contributed by atoms with Crippen molar-refractivity contribution in [2.75, 3.05) is 16.8 Å². The van der Waals surface area contributed by atoms with Gasteiger partial charge in [-0.15, -0.1) is 0 Å². The minimum atomic E-state index is -5.08. The summed E-state index contributed by atoms with van der Waals surface area (Å²) in [4.78, 5) is 39.8. The smallest absolute Gasteiger partial charge is 0.475 e. The van der Waals surface area contributed by atoms with Gasteiger partial charge >= 0.3 is 12.1 Å². The number of rotatable bonds is 3. The number of hydrogen-bond acceptors (Lipinski definition) is 8. The number of anilines is 2. The van der Waals surface area contributed by atoms with E-state index < -0.39 is 18.2 Å². The Bertz CT molecular complexity index is 887. The maximum atomic E-state index is 12.4. The molecule has 2 fully saturated rings. The summed E-state index contributed by atoms with van der Waals surface area (Å²) >= 11 is 0. The van der Waals surface area contributed by atoms with E-state index in [0.29, 0.717) is 12.2 Å². The van der Waals surface area contributed by atoms with Gasteiger partial charge in [0.2, 0.25) is 0 Å². The predicted molar refractivity (Wildman–Crippen MR) is 100 cm³/mol. The van der Waals surface area contributed by atoms with E-state index in [-0.39, 0.29) is 18.1 Å². The Morgan fingerprint density at radius 2 is 1.90 bits per heavy atom. The highest BCUT2D eigenvalue weighted by Gasteiger charge is 2.42. The van der Waals surface area contributed by atoms with Crippen molar-refractivity contribution in [2.24, 2.45) is 0 Å². The number of carboxylic acids is 1. The average Bonchev–Trinajstić information content (AvgIpc) is 3.18. The number of aromatic nitrogens is 4. The normalized spacial score (nSPS) is 22.7. The van der Waals surface area contributed by atoms with Crippen LogP contribution in [-0.4, -0.2) is 67.9 Å². The van der Waals surface area contributed by atoms with Crippen LogP contribution in [0.1, 0.15) is 19.3 Å². The summed E-state index contributed by atoms with van der Waals surface area (Å²) in [5.74, 6) is -1.55. The molecule has 2 aliphatic heterocycles. The van der Waals surface area contributed by atoms with Crippen molar-refractivity contribution in [1.82, 2.24) is 19.9 Å². The zero-order valence-electron chi connectivity index (χ0n) is 16.1. The molecule has 0 bridgehead atoms. The van der Waals surface area contributed by atoms with Gasteiger partial charge in [-0.05, 0) is 25.3 Å². The van der Waals surface area contributed by atoms with Crippen LogP contribution in [0.4, 0.5) is 24.8 Å². The fraction of sp³-hybridized carbons (Fsp3) is 0.444. The van der Waals surface area contributed by atoms with Crippen LogP contribution in [-0.2, 0) is 14.3 Å². The maximum Gasteiger partial charge on any atom is 0.490 e. The molecule has 31 heavy (non-hydrogen) atoms. The van der Waals surface area contributed by atoms with E-state index in [0.717, 1.165) is 25.2 Å². The second kappa shape index (κ2) is 9.64. The lowest BCUT2D eigenvalue weighted by molar-refractivity contribution is -0.192. The Balaban J connectivity index is 0.000000339. The quantitative estimate of drug-likeness (QED) is 0.732. The fourth-order valence-electron chi connectivity index (χ4n) is 3.43. The van der Waals surface area contributed by atoms with Gasteiger partial charge < -0.3 is 20.1 Å². The van der Waals surface area contributed by atoms with Crippen LogP contribution in [0.3, 0.4) is 0 Å². The van der Waals surface area contributed by atoms with Crippen molar-refractivity contribution >= 4 is 23.5 Å². The van der Waals surface area contributed by atoms with E-state index >= 15 is 0 Å². The predicted octanol–water partition coefficient (Wildman–Crippen LogP) is 1.66. The van der Waals surface area contributed by atoms with Gasteiger partial charge in [-0.3, -0.25) is 9.78 Å². The van der Waals surface area contributed by atoms with Gasteiger partial charge in [0.15, 0.2) is 5.82 Å². The monoisotopic (exact) mass is 440 g/mol. The fourth-order valence-corrected chi connectivity index (χ4v) is 3.43. The summed E-state index contributed by atoms with van der Waals surface area (Å²) in [6.45, 7) is 0.880. The van der Waals surface area contributed by atoms with Crippen LogP contribution in [0, 0.1) is 0 Å². The molecule has 2 aliphatic rings. The first-order valence-electron chi connectivity index (χ1n) is 9.31. The number of ether oxygens (including phenoxy) is 1. The number of hydrogen-bond donors (Lipinski definition) is 2. The third kappa shape index (κ3) is 5.84. The molecule has 0 unspecified atom stereocenters. The average molecular weight is 440 g/mol. The Hall–Kier alpha value is -3.35. The number of nitrogens with zero attached hydrogens (tertiary/aromatic N) is 5. The molecule has 2 aromatic rings. The lowest BCUT2D eigenvalue weighted by Crippen LogP contribution is -2.46. The van der Waals surface area contributed by atoms with Crippen LogP contribution in [0.25, 0.3) is 0 Å². The van der Waals surface area contributed by atoms with Crippen molar-refractivity contribution in [3.05, 3.63) is 37.2 Å². The first-order valence-corrected chi connectivity index (χ1v) is 9.31. The van der Waals surface area contributed by atoms with Gasteiger partial charge in [-0.25, -0.2) is 19.7 Å². The number of fused-ring (bicyclic) bond motifs is 1. The van der Waals surface area contributed by atoms with E-state index in [9.17, 15) is 18.0 Å². The van der Waals surface area contributed by atoms with Gasteiger partial charge in [0.05, 0.1) is 18.3 Å². The van der Waals surface area contributed by atoms with Crippen LogP contribution < -0.4 is 10.2 Å². The first kappa shape index (κ1) is 22.3. The minimum absolute atomic E-state index is 0.0475. The molecule has 0 aromatic carbocycles. The second-order valence-electron chi connectivity index (χ2n) is 6.74. The molecule has 3 atom stereocenters. The molecular weight excluding hydrogens is 421 g/mol. The van der Waals surface area contributed by atoms with E-state index in [1.54, 1.807) is 24.9 Å². The van der Waals surface area contributed by atoms with Gasteiger partial charge in [0, 0.05) is 25.1 Å².